The molecule has 0 saturated carbocycles. The topological polar surface area (TPSA) is 95.4 Å². The SMILES string of the molecule is O=C(O)N1CCC(CC2CSc3c(Br)c(Cl)cc4c(=O)[nH]c(=O)n2c34)CC1. The van der Waals surface area contributed by atoms with Crippen LogP contribution in [0.5, 0.6) is 0 Å². The predicted octanol–water partition coefficient (Wildman–Crippen LogP) is 3.53. The summed E-state index contributed by atoms with van der Waals surface area (Å²) in [4.78, 5) is 40.7. The van der Waals surface area contributed by atoms with Crippen LogP contribution in [0.4, 0.5) is 4.79 Å². The van der Waals surface area contributed by atoms with Crippen molar-refractivity contribution in [2.24, 2.45) is 5.92 Å². The lowest BCUT2D eigenvalue weighted by Crippen LogP contribution is -2.40. The molecule has 1 amide bonds. The number of thioether (sulfide) groups is 1. The van der Waals surface area contributed by atoms with Gasteiger partial charge in [0.25, 0.3) is 5.56 Å². The molecule has 1 atom stereocenters. The molecule has 2 aliphatic heterocycles. The molecular formula is C17H17BrClN3O4S. The Morgan fingerprint density at radius 3 is 2.74 bits per heavy atom. The van der Waals surface area contributed by atoms with Crippen LogP contribution in [-0.4, -0.2) is 44.5 Å². The number of aromatic amines is 1. The summed E-state index contributed by atoms with van der Waals surface area (Å²) in [5, 5.41) is 9.95. The number of hydrogen-bond acceptors (Lipinski definition) is 4. The van der Waals surface area contributed by atoms with Crippen molar-refractivity contribution in [3.8, 4) is 0 Å². The van der Waals surface area contributed by atoms with E-state index in [1.165, 1.54) is 4.90 Å². The van der Waals surface area contributed by atoms with Crippen LogP contribution in [-0.2, 0) is 0 Å². The highest BCUT2D eigenvalue weighted by Gasteiger charge is 2.31. The van der Waals surface area contributed by atoms with Gasteiger partial charge in [0.2, 0.25) is 0 Å². The number of likely N-dealkylation sites (tertiary alicyclic amines) is 1. The van der Waals surface area contributed by atoms with E-state index in [4.69, 9.17) is 16.7 Å². The van der Waals surface area contributed by atoms with Gasteiger partial charge in [0.05, 0.1) is 20.4 Å². The summed E-state index contributed by atoms with van der Waals surface area (Å²) < 4.78 is 2.39. The van der Waals surface area contributed by atoms with E-state index >= 15 is 0 Å². The van der Waals surface area contributed by atoms with Gasteiger partial charge < -0.3 is 10.0 Å². The highest BCUT2D eigenvalue weighted by atomic mass is 79.9. The largest absolute Gasteiger partial charge is 0.465 e. The van der Waals surface area contributed by atoms with Gasteiger partial charge in [-0.2, -0.15) is 0 Å². The smallest absolute Gasteiger partial charge is 0.407 e. The maximum Gasteiger partial charge on any atom is 0.407 e. The molecule has 0 spiro atoms. The van der Waals surface area contributed by atoms with Crippen LogP contribution < -0.4 is 11.2 Å². The Morgan fingerprint density at radius 2 is 2.07 bits per heavy atom. The summed E-state index contributed by atoms with van der Waals surface area (Å²) in [5.74, 6) is 1.05. The molecule has 0 radical (unpaired) electrons. The number of nitrogens with zero attached hydrogens (tertiary/aromatic N) is 2. The highest BCUT2D eigenvalue weighted by molar-refractivity contribution is 9.10. The molecule has 2 aromatic rings. The molecule has 144 valence electrons. The maximum atomic E-state index is 12.6. The molecule has 2 aliphatic rings. The van der Waals surface area contributed by atoms with Crippen LogP contribution in [0.2, 0.25) is 5.02 Å². The Kier molecular flexibility index (Phi) is 5.02. The molecule has 7 nitrogen and oxygen atoms in total. The number of amides is 1. The van der Waals surface area contributed by atoms with Crippen molar-refractivity contribution in [2.75, 3.05) is 18.8 Å². The molecular weight excluding hydrogens is 458 g/mol. The van der Waals surface area contributed by atoms with Gasteiger partial charge in [-0.1, -0.05) is 11.6 Å². The summed E-state index contributed by atoms with van der Waals surface area (Å²) in [6.45, 7) is 1.04. The summed E-state index contributed by atoms with van der Waals surface area (Å²) >= 11 is 11.3. The van der Waals surface area contributed by atoms with E-state index in [9.17, 15) is 14.4 Å². The van der Waals surface area contributed by atoms with Crippen molar-refractivity contribution in [1.29, 1.82) is 0 Å². The van der Waals surface area contributed by atoms with Gasteiger partial charge in [-0.05, 0) is 47.2 Å². The Balaban J connectivity index is 1.71. The number of benzene rings is 1. The average Bonchev–Trinajstić information content (AvgIpc) is 2.63. The number of hydrogen-bond donors (Lipinski definition) is 2. The highest BCUT2D eigenvalue weighted by Crippen LogP contribution is 2.44. The standard InChI is InChI=1S/C17H17BrClN3O4S/c18-12-11(19)6-10-13-14(12)27-7-9(22(13)16(24)20-15(10)23)5-8-1-3-21(4-2-8)17(25)26/h6,8-9H,1-5,7H2,(H,25,26)(H,20,23,24). The van der Waals surface area contributed by atoms with Crippen molar-refractivity contribution >= 4 is 56.3 Å². The second-order valence-corrected chi connectivity index (χ2v) is 9.17. The number of halogens is 2. The molecule has 1 aromatic heterocycles. The van der Waals surface area contributed by atoms with Crippen LogP contribution in [0, 0.1) is 5.92 Å². The van der Waals surface area contributed by atoms with Crippen molar-refractivity contribution < 1.29 is 9.90 Å². The second kappa shape index (κ2) is 7.18. The third-order valence-electron chi connectivity index (χ3n) is 5.35. The van der Waals surface area contributed by atoms with Gasteiger partial charge >= 0.3 is 11.8 Å². The molecule has 3 heterocycles. The molecule has 10 heteroatoms. The molecule has 1 unspecified atom stereocenters. The van der Waals surface area contributed by atoms with Crippen LogP contribution in [0.25, 0.3) is 10.9 Å². The summed E-state index contributed by atoms with van der Waals surface area (Å²) in [5.41, 5.74) is -0.210. The van der Waals surface area contributed by atoms with E-state index in [2.05, 4.69) is 20.9 Å². The molecule has 1 saturated heterocycles. The fraction of sp³-hybridized carbons (Fsp3) is 0.471. The van der Waals surface area contributed by atoms with Crippen LogP contribution >= 0.6 is 39.3 Å². The molecule has 1 aromatic carbocycles. The lowest BCUT2D eigenvalue weighted by Gasteiger charge is -2.34. The first-order chi connectivity index (χ1) is 12.9. The van der Waals surface area contributed by atoms with Crippen LogP contribution in [0.15, 0.2) is 25.0 Å². The van der Waals surface area contributed by atoms with Gasteiger partial charge in [0, 0.05) is 29.8 Å². The number of carbonyl (C=O) groups is 1. The molecule has 2 N–H and O–H groups in total. The van der Waals surface area contributed by atoms with Crippen LogP contribution in [0.1, 0.15) is 25.3 Å². The fourth-order valence-electron chi connectivity index (χ4n) is 3.98. The average molecular weight is 475 g/mol. The van der Waals surface area contributed by atoms with Crippen molar-refractivity contribution in [2.45, 2.75) is 30.2 Å². The Hall–Kier alpha value is -1.45. The van der Waals surface area contributed by atoms with Gasteiger partial charge in [-0.3, -0.25) is 14.3 Å². The maximum absolute atomic E-state index is 12.6. The summed E-state index contributed by atoms with van der Waals surface area (Å²) in [7, 11) is 0. The van der Waals surface area contributed by atoms with Gasteiger partial charge in [-0.15, -0.1) is 11.8 Å². The molecule has 1 fully saturated rings. The zero-order chi connectivity index (χ0) is 19.3. The zero-order valence-electron chi connectivity index (χ0n) is 14.2. The third-order valence-corrected chi connectivity index (χ3v) is 8.20. The van der Waals surface area contributed by atoms with E-state index in [-0.39, 0.29) is 6.04 Å². The Morgan fingerprint density at radius 1 is 1.37 bits per heavy atom. The van der Waals surface area contributed by atoms with Gasteiger partial charge in [0.1, 0.15) is 0 Å². The normalized spacial score (nSPS) is 20.2. The van der Waals surface area contributed by atoms with E-state index in [0.717, 1.165) is 24.2 Å². The number of H-pyrrole nitrogens is 1. The molecule has 4 rings (SSSR count). The minimum absolute atomic E-state index is 0.0520. The van der Waals surface area contributed by atoms with Crippen molar-refractivity contribution in [1.82, 2.24) is 14.5 Å². The van der Waals surface area contributed by atoms with Gasteiger partial charge in [0.15, 0.2) is 0 Å². The minimum atomic E-state index is -0.879. The van der Waals surface area contributed by atoms with Gasteiger partial charge in [-0.25, -0.2) is 9.59 Å². The number of aromatic nitrogens is 2. The number of rotatable bonds is 2. The van der Waals surface area contributed by atoms with Crippen molar-refractivity contribution in [3.05, 3.63) is 36.4 Å². The first kappa shape index (κ1) is 18.9. The first-order valence-electron chi connectivity index (χ1n) is 8.64. The Bertz CT molecular complexity index is 1050. The summed E-state index contributed by atoms with van der Waals surface area (Å²) in [6, 6.07) is 1.54. The predicted molar refractivity (Wildman–Crippen MR) is 108 cm³/mol. The molecule has 0 bridgehead atoms. The quantitative estimate of drug-likeness (QED) is 0.694. The number of carboxylic acid groups (broad SMARTS) is 1. The number of nitrogens with one attached hydrogen (secondary N) is 1. The molecule has 0 aliphatic carbocycles. The minimum Gasteiger partial charge on any atom is -0.465 e. The molecule has 27 heavy (non-hydrogen) atoms. The third kappa shape index (κ3) is 3.30. The fourth-order valence-corrected chi connectivity index (χ4v) is 6.12. The van der Waals surface area contributed by atoms with E-state index < -0.39 is 17.3 Å². The van der Waals surface area contributed by atoms with Crippen molar-refractivity contribution in [3.63, 3.8) is 0 Å². The zero-order valence-corrected chi connectivity index (χ0v) is 17.4. The first-order valence-corrected chi connectivity index (χ1v) is 10.8. The van der Waals surface area contributed by atoms with E-state index in [1.54, 1.807) is 22.4 Å². The lowest BCUT2D eigenvalue weighted by molar-refractivity contribution is 0.120. The monoisotopic (exact) mass is 473 g/mol. The lowest BCUT2D eigenvalue weighted by atomic mass is 9.90. The second-order valence-electron chi connectivity index (χ2n) is 6.94. The van der Waals surface area contributed by atoms with E-state index in [1.807, 2.05) is 0 Å². The number of piperidine rings is 1. The Labute approximate surface area is 171 Å². The summed E-state index contributed by atoms with van der Waals surface area (Å²) in [6.07, 6.45) is 1.47. The van der Waals surface area contributed by atoms with E-state index in [0.29, 0.717) is 45.2 Å². The van der Waals surface area contributed by atoms with Crippen LogP contribution in [0.3, 0.4) is 0 Å².